The molecule has 2 aliphatic rings. The molecule has 5 rings (SSSR count). The molecular weight excluding hydrogens is 481 g/mol. The minimum atomic E-state index is -0.559. The van der Waals surface area contributed by atoms with Crippen LogP contribution in [0.25, 0.3) is 0 Å². The molecular formula is C28H25ClFN3O3. The summed E-state index contributed by atoms with van der Waals surface area (Å²) in [6, 6.07) is 17.9. The molecule has 3 aromatic rings. The molecule has 1 unspecified atom stereocenters. The Hall–Kier alpha value is -3.71. The molecule has 3 aromatic carbocycles. The average Bonchev–Trinajstić information content (AvgIpc) is 3.05. The van der Waals surface area contributed by atoms with Gasteiger partial charge in [0, 0.05) is 37.1 Å². The first-order valence-electron chi connectivity index (χ1n) is 11.8. The van der Waals surface area contributed by atoms with Crippen molar-refractivity contribution in [1.82, 2.24) is 4.90 Å². The van der Waals surface area contributed by atoms with Crippen molar-refractivity contribution in [3.05, 3.63) is 94.3 Å². The second-order valence-corrected chi connectivity index (χ2v) is 9.83. The van der Waals surface area contributed by atoms with Crippen molar-refractivity contribution >= 4 is 40.7 Å². The Labute approximate surface area is 213 Å². The van der Waals surface area contributed by atoms with Crippen molar-refractivity contribution in [2.45, 2.75) is 19.3 Å². The highest BCUT2D eigenvalue weighted by Gasteiger charge is 2.47. The molecule has 6 nitrogen and oxygen atoms in total. The van der Waals surface area contributed by atoms with Gasteiger partial charge in [-0.3, -0.25) is 14.4 Å². The molecule has 1 N–H and O–H groups in total. The quantitative estimate of drug-likeness (QED) is 0.533. The minimum absolute atomic E-state index is 0.0269. The van der Waals surface area contributed by atoms with Crippen molar-refractivity contribution in [3.8, 4) is 0 Å². The van der Waals surface area contributed by atoms with Crippen LogP contribution in [0.3, 0.4) is 0 Å². The van der Waals surface area contributed by atoms with Gasteiger partial charge in [-0.15, -0.1) is 0 Å². The summed E-state index contributed by atoms with van der Waals surface area (Å²) in [6.07, 6.45) is 1.99. The smallest absolute Gasteiger partial charge is 0.258 e. The molecule has 8 heteroatoms. The lowest BCUT2D eigenvalue weighted by Crippen LogP contribution is -2.37. The fourth-order valence-electron chi connectivity index (χ4n) is 5.15. The Morgan fingerprint density at radius 2 is 1.72 bits per heavy atom. The second kappa shape index (κ2) is 9.39. The van der Waals surface area contributed by atoms with Gasteiger partial charge in [0.1, 0.15) is 5.82 Å². The van der Waals surface area contributed by atoms with Crippen molar-refractivity contribution in [2.75, 3.05) is 30.4 Å². The Bertz CT molecular complexity index is 1360. The monoisotopic (exact) mass is 505 g/mol. The molecule has 2 aliphatic heterocycles. The van der Waals surface area contributed by atoms with Crippen LogP contribution >= 0.6 is 11.6 Å². The molecule has 184 valence electrons. The summed E-state index contributed by atoms with van der Waals surface area (Å²) in [5, 5.41) is 2.83. The van der Waals surface area contributed by atoms with E-state index in [1.807, 2.05) is 31.3 Å². The summed E-state index contributed by atoms with van der Waals surface area (Å²) in [6.45, 7) is 1.16. The summed E-state index contributed by atoms with van der Waals surface area (Å²) in [5.74, 6) is -1.14. The molecule has 1 spiro atoms. The summed E-state index contributed by atoms with van der Waals surface area (Å²) >= 11 is 6.03. The normalized spacial score (nSPS) is 19.2. The third-order valence-electron chi connectivity index (χ3n) is 7.16. The molecule has 2 heterocycles. The van der Waals surface area contributed by atoms with E-state index in [9.17, 15) is 18.8 Å². The number of amides is 3. The van der Waals surface area contributed by atoms with E-state index in [1.54, 1.807) is 34.1 Å². The van der Waals surface area contributed by atoms with Crippen LogP contribution in [0, 0.1) is 11.2 Å². The van der Waals surface area contributed by atoms with Crippen LogP contribution < -0.4 is 10.2 Å². The van der Waals surface area contributed by atoms with E-state index in [-0.39, 0.29) is 22.4 Å². The number of benzene rings is 3. The van der Waals surface area contributed by atoms with Gasteiger partial charge in [-0.1, -0.05) is 29.8 Å². The van der Waals surface area contributed by atoms with Gasteiger partial charge in [0.15, 0.2) is 0 Å². The maximum atomic E-state index is 13.6. The summed E-state index contributed by atoms with van der Waals surface area (Å²) < 4.78 is 13.5. The number of carbonyl (C=O) groups excluding carboxylic acids is 3. The van der Waals surface area contributed by atoms with E-state index in [0.717, 1.165) is 30.3 Å². The van der Waals surface area contributed by atoms with Crippen LogP contribution in [0.1, 0.15) is 39.1 Å². The van der Waals surface area contributed by atoms with Gasteiger partial charge >= 0.3 is 0 Å². The van der Waals surface area contributed by atoms with Gasteiger partial charge in [0.05, 0.1) is 16.0 Å². The molecule has 3 amide bonds. The van der Waals surface area contributed by atoms with Gasteiger partial charge in [-0.2, -0.15) is 0 Å². The van der Waals surface area contributed by atoms with Crippen LogP contribution in [-0.4, -0.2) is 42.8 Å². The SMILES string of the molecule is CN1CCC2(CCN(C(=O)c3ccc(NC(=O)c4cc(F)ccc4Cl)cc3)c3ccccc3C2)C1=O. The molecule has 0 aromatic heterocycles. The Balaban J connectivity index is 1.36. The molecule has 1 fully saturated rings. The Kier molecular flexibility index (Phi) is 6.26. The topological polar surface area (TPSA) is 69.7 Å². The zero-order valence-corrected chi connectivity index (χ0v) is 20.5. The maximum Gasteiger partial charge on any atom is 0.258 e. The number of hydrogen-bond acceptors (Lipinski definition) is 3. The predicted octanol–water partition coefficient (Wildman–Crippen LogP) is 5.17. The number of halogens is 2. The number of para-hydroxylation sites is 1. The average molecular weight is 506 g/mol. The lowest BCUT2D eigenvalue weighted by atomic mass is 9.78. The third kappa shape index (κ3) is 4.35. The molecule has 1 atom stereocenters. The summed E-state index contributed by atoms with van der Waals surface area (Å²) in [7, 11) is 1.83. The van der Waals surface area contributed by atoms with Gasteiger partial charge in [-0.05, 0) is 73.4 Å². The van der Waals surface area contributed by atoms with E-state index in [2.05, 4.69) is 5.32 Å². The summed E-state index contributed by atoms with van der Waals surface area (Å²) in [5.41, 5.74) is 2.26. The van der Waals surface area contributed by atoms with Crippen molar-refractivity contribution in [2.24, 2.45) is 5.41 Å². The van der Waals surface area contributed by atoms with Gasteiger partial charge < -0.3 is 15.1 Å². The van der Waals surface area contributed by atoms with Crippen molar-refractivity contribution < 1.29 is 18.8 Å². The predicted molar refractivity (Wildman–Crippen MR) is 137 cm³/mol. The van der Waals surface area contributed by atoms with Crippen LogP contribution in [0.15, 0.2) is 66.7 Å². The zero-order chi connectivity index (χ0) is 25.4. The summed E-state index contributed by atoms with van der Waals surface area (Å²) in [4.78, 5) is 42.7. The number of fused-ring (bicyclic) bond motifs is 1. The highest BCUT2D eigenvalue weighted by molar-refractivity contribution is 6.34. The third-order valence-corrected chi connectivity index (χ3v) is 7.49. The molecule has 0 bridgehead atoms. The van der Waals surface area contributed by atoms with Crippen LogP contribution in [-0.2, 0) is 11.2 Å². The van der Waals surface area contributed by atoms with Crippen LogP contribution in [0.4, 0.5) is 15.8 Å². The van der Waals surface area contributed by atoms with E-state index in [0.29, 0.717) is 30.6 Å². The maximum absolute atomic E-state index is 13.6. The van der Waals surface area contributed by atoms with Gasteiger partial charge in [-0.25, -0.2) is 4.39 Å². The molecule has 1 saturated heterocycles. The van der Waals surface area contributed by atoms with Gasteiger partial charge in [0.2, 0.25) is 5.91 Å². The first-order valence-corrected chi connectivity index (χ1v) is 12.2. The fourth-order valence-corrected chi connectivity index (χ4v) is 5.35. The minimum Gasteiger partial charge on any atom is -0.345 e. The molecule has 0 radical (unpaired) electrons. The van der Waals surface area contributed by atoms with E-state index >= 15 is 0 Å². The molecule has 0 saturated carbocycles. The van der Waals surface area contributed by atoms with E-state index in [4.69, 9.17) is 11.6 Å². The lowest BCUT2D eigenvalue weighted by molar-refractivity contribution is -0.135. The highest BCUT2D eigenvalue weighted by atomic mass is 35.5. The molecule has 0 aliphatic carbocycles. The first-order chi connectivity index (χ1) is 17.3. The van der Waals surface area contributed by atoms with Gasteiger partial charge in [0.25, 0.3) is 11.8 Å². The van der Waals surface area contributed by atoms with Crippen LogP contribution in [0.2, 0.25) is 5.02 Å². The van der Waals surface area contributed by atoms with E-state index in [1.165, 1.54) is 12.1 Å². The standard InChI is InChI=1S/C28H25ClFN3O3/c1-32-14-12-28(27(32)36)13-15-33(24-5-3-2-4-19(24)17-28)26(35)18-6-9-21(10-7-18)31-25(34)22-16-20(30)8-11-23(22)29/h2-11,16H,12-15,17H2,1H3,(H,31,34). The number of likely N-dealkylation sites (tertiary alicyclic amines) is 1. The number of hydrogen-bond donors (Lipinski definition) is 1. The first kappa shape index (κ1) is 24.0. The number of nitrogens with one attached hydrogen (secondary N) is 1. The molecule has 36 heavy (non-hydrogen) atoms. The zero-order valence-electron chi connectivity index (χ0n) is 19.8. The number of rotatable bonds is 3. The van der Waals surface area contributed by atoms with Crippen LogP contribution in [0.5, 0.6) is 0 Å². The fraction of sp³-hybridized carbons (Fsp3) is 0.250. The highest BCUT2D eigenvalue weighted by Crippen LogP contribution is 2.43. The number of anilines is 2. The second-order valence-electron chi connectivity index (χ2n) is 9.42. The largest absolute Gasteiger partial charge is 0.345 e. The number of nitrogens with zero attached hydrogens (tertiary/aromatic N) is 2. The Morgan fingerprint density at radius 3 is 2.44 bits per heavy atom. The van der Waals surface area contributed by atoms with E-state index < -0.39 is 17.1 Å². The number of carbonyl (C=O) groups is 3. The lowest BCUT2D eigenvalue weighted by Gasteiger charge is -2.26. The van der Waals surface area contributed by atoms with Crippen molar-refractivity contribution in [1.29, 1.82) is 0 Å². The van der Waals surface area contributed by atoms with Crippen molar-refractivity contribution in [3.63, 3.8) is 0 Å². The Morgan fingerprint density at radius 1 is 1.00 bits per heavy atom.